The average Bonchev–Trinajstić information content (AvgIpc) is 2.22. The second-order valence-electron chi connectivity index (χ2n) is 3.19. The maximum atomic E-state index is 5.37. The molecule has 0 aliphatic heterocycles. The lowest BCUT2D eigenvalue weighted by molar-refractivity contribution is 0.202. The van der Waals surface area contributed by atoms with E-state index in [-0.39, 0.29) is 0 Å². The Labute approximate surface area is 89.1 Å². The maximum absolute atomic E-state index is 5.37. The van der Waals surface area contributed by atoms with Gasteiger partial charge in [0, 0.05) is 14.2 Å². The molecular weight excluding hydrogens is 199 g/mol. The van der Waals surface area contributed by atoms with Gasteiger partial charge in [-0.1, -0.05) is 39.0 Å². The van der Waals surface area contributed by atoms with Gasteiger partial charge in [0.15, 0.2) is 0 Å². The van der Waals surface area contributed by atoms with Crippen LogP contribution < -0.4 is 0 Å². The Kier molecular flexibility index (Phi) is 11.6. The van der Waals surface area contributed by atoms with Gasteiger partial charge in [-0.05, 0) is 6.42 Å². The van der Waals surface area contributed by atoms with Crippen molar-refractivity contribution in [3.8, 4) is 0 Å². The van der Waals surface area contributed by atoms with E-state index in [1.165, 1.54) is 32.1 Å². The van der Waals surface area contributed by atoms with Gasteiger partial charge in [-0.2, -0.15) is 0 Å². The summed E-state index contributed by atoms with van der Waals surface area (Å²) in [4.78, 5) is 0. The average molecular weight is 222 g/mol. The highest BCUT2D eigenvalue weighted by atomic mass is 31.2. The lowest BCUT2D eigenvalue weighted by Gasteiger charge is -2.11. The Hall–Kier alpha value is 0.310. The number of hydrogen-bond acceptors (Lipinski definition) is 3. The minimum atomic E-state index is -1.08. The highest BCUT2D eigenvalue weighted by Crippen LogP contribution is 2.37. The maximum Gasteiger partial charge on any atom is 0.332 e. The quantitative estimate of drug-likeness (QED) is 0.414. The molecule has 0 bridgehead atoms. The first-order valence-corrected chi connectivity index (χ1v) is 6.46. The van der Waals surface area contributed by atoms with Crippen molar-refractivity contribution in [3.05, 3.63) is 0 Å². The van der Waals surface area contributed by atoms with Crippen molar-refractivity contribution in [3.63, 3.8) is 0 Å². The third-order valence-electron chi connectivity index (χ3n) is 1.99. The summed E-state index contributed by atoms with van der Waals surface area (Å²) >= 11 is 0. The molecule has 0 saturated heterocycles. The minimum Gasteiger partial charge on any atom is -0.316 e. The Balaban J connectivity index is 3.04. The molecule has 0 N–H and O–H groups in total. The molecule has 0 atom stereocenters. The predicted octanol–water partition coefficient (Wildman–Crippen LogP) is 3.88. The van der Waals surface area contributed by atoms with Crippen LogP contribution >= 0.6 is 8.60 Å². The first-order chi connectivity index (χ1) is 6.85. The summed E-state index contributed by atoms with van der Waals surface area (Å²) in [5.41, 5.74) is 0. The van der Waals surface area contributed by atoms with Crippen LogP contribution in [0.1, 0.15) is 45.4 Å². The smallest absolute Gasteiger partial charge is 0.316 e. The zero-order chi connectivity index (χ0) is 10.6. The summed E-state index contributed by atoms with van der Waals surface area (Å²) in [6, 6.07) is 0. The van der Waals surface area contributed by atoms with Crippen LogP contribution in [0.25, 0.3) is 0 Å². The molecule has 0 aromatic heterocycles. The van der Waals surface area contributed by atoms with Crippen LogP contribution in [0, 0.1) is 0 Å². The molecule has 0 aromatic rings. The molecule has 0 spiro atoms. The van der Waals surface area contributed by atoms with Gasteiger partial charge >= 0.3 is 8.60 Å². The molecule has 0 heterocycles. The fraction of sp³-hybridized carbons (Fsp3) is 1.00. The molecule has 4 heteroatoms. The molecule has 0 aromatic carbocycles. The van der Waals surface area contributed by atoms with Gasteiger partial charge in [0.1, 0.15) is 0 Å². The highest BCUT2D eigenvalue weighted by Gasteiger charge is 2.05. The van der Waals surface area contributed by atoms with Crippen LogP contribution in [0.2, 0.25) is 0 Å². The van der Waals surface area contributed by atoms with Crippen molar-refractivity contribution >= 4 is 8.60 Å². The van der Waals surface area contributed by atoms with Crippen molar-refractivity contribution < 1.29 is 13.6 Å². The number of unbranched alkanes of at least 4 members (excludes halogenated alkanes) is 5. The third-order valence-corrected chi connectivity index (χ3v) is 2.98. The number of rotatable bonds is 10. The fourth-order valence-electron chi connectivity index (χ4n) is 1.20. The van der Waals surface area contributed by atoms with E-state index in [0.717, 1.165) is 13.0 Å². The van der Waals surface area contributed by atoms with Gasteiger partial charge in [0.05, 0.1) is 6.61 Å². The van der Waals surface area contributed by atoms with E-state index in [1.807, 2.05) is 0 Å². The Morgan fingerprint density at radius 1 is 0.857 bits per heavy atom. The molecule has 0 aliphatic carbocycles. The summed E-state index contributed by atoms with van der Waals surface area (Å²) in [6.45, 7) is 2.98. The largest absolute Gasteiger partial charge is 0.332 e. The summed E-state index contributed by atoms with van der Waals surface area (Å²) < 4.78 is 15.3. The van der Waals surface area contributed by atoms with Crippen LogP contribution in [0.5, 0.6) is 0 Å². The van der Waals surface area contributed by atoms with E-state index < -0.39 is 8.60 Å². The molecule has 14 heavy (non-hydrogen) atoms. The number of hydrogen-bond donors (Lipinski definition) is 0. The molecule has 0 fully saturated rings. The molecule has 0 radical (unpaired) electrons. The van der Waals surface area contributed by atoms with Crippen LogP contribution in [-0.2, 0) is 13.6 Å². The van der Waals surface area contributed by atoms with Crippen LogP contribution in [0.3, 0.4) is 0 Å². The molecule has 3 nitrogen and oxygen atoms in total. The van der Waals surface area contributed by atoms with Gasteiger partial charge in [-0.25, -0.2) is 0 Å². The van der Waals surface area contributed by atoms with Crippen LogP contribution in [0.15, 0.2) is 0 Å². The van der Waals surface area contributed by atoms with E-state index in [0.29, 0.717) is 0 Å². The van der Waals surface area contributed by atoms with Gasteiger partial charge in [-0.15, -0.1) is 0 Å². The van der Waals surface area contributed by atoms with E-state index in [1.54, 1.807) is 14.2 Å². The van der Waals surface area contributed by atoms with E-state index in [4.69, 9.17) is 13.6 Å². The summed E-state index contributed by atoms with van der Waals surface area (Å²) in [7, 11) is 2.13. The van der Waals surface area contributed by atoms with E-state index in [9.17, 15) is 0 Å². The standard InChI is InChI=1S/C10H23O3P/c1-4-5-6-7-8-9-10-13-14(11-2)12-3/h4-10H2,1-3H3. The van der Waals surface area contributed by atoms with Gasteiger partial charge in [0.2, 0.25) is 0 Å². The first kappa shape index (κ1) is 14.3. The lowest BCUT2D eigenvalue weighted by atomic mass is 10.1. The van der Waals surface area contributed by atoms with Crippen molar-refractivity contribution in [2.75, 3.05) is 20.8 Å². The summed E-state index contributed by atoms with van der Waals surface area (Å²) in [5, 5.41) is 0. The zero-order valence-electron chi connectivity index (χ0n) is 9.62. The third kappa shape index (κ3) is 8.89. The van der Waals surface area contributed by atoms with Crippen molar-refractivity contribution in [2.45, 2.75) is 45.4 Å². The molecular formula is C10H23O3P. The molecule has 0 aliphatic rings. The molecule has 0 rings (SSSR count). The predicted molar refractivity (Wildman–Crippen MR) is 60.3 cm³/mol. The molecule has 0 unspecified atom stereocenters. The van der Waals surface area contributed by atoms with E-state index in [2.05, 4.69) is 6.92 Å². The topological polar surface area (TPSA) is 27.7 Å². The monoisotopic (exact) mass is 222 g/mol. The van der Waals surface area contributed by atoms with Crippen LogP contribution in [0.4, 0.5) is 0 Å². The Morgan fingerprint density at radius 2 is 1.43 bits per heavy atom. The van der Waals surface area contributed by atoms with E-state index >= 15 is 0 Å². The molecule has 86 valence electrons. The second-order valence-corrected chi connectivity index (χ2v) is 4.63. The summed E-state index contributed by atoms with van der Waals surface area (Å²) in [6.07, 6.45) is 7.67. The second kappa shape index (κ2) is 11.4. The first-order valence-electron chi connectivity index (χ1n) is 5.36. The minimum absolute atomic E-state index is 0.750. The van der Waals surface area contributed by atoms with Crippen molar-refractivity contribution in [2.24, 2.45) is 0 Å². The highest BCUT2D eigenvalue weighted by molar-refractivity contribution is 7.41. The van der Waals surface area contributed by atoms with Gasteiger partial charge < -0.3 is 13.6 Å². The van der Waals surface area contributed by atoms with Gasteiger partial charge in [-0.3, -0.25) is 0 Å². The zero-order valence-corrected chi connectivity index (χ0v) is 10.5. The Bertz CT molecular complexity index is 108. The SMILES string of the molecule is CCCCCCCCOP(OC)OC. The fourth-order valence-corrected chi connectivity index (χ4v) is 1.84. The molecule has 0 saturated carbocycles. The molecule has 0 amide bonds. The lowest BCUT2D eigenvalue weighted by Crippen LogP contribution is -1.93. The van der Waals surface area contributed by atoms with Crippen molar-refractivity contribution in [1.29, 1.82) is 0 Å². The summed E-state index contributed by atoms with van der Waals surface area (Å²) in [5.74, 6) is 0. The Morgan fingerprint density at radius 3 is 2.00 bits per heavy atom. The normalized spacial score (nSPS) is 11.1. The van der Waals surface area contributed by atoms with Gasteiger partial charge in [0.25, 0.3) is 0 Å². The van der Waals surface area contributed by atoms with Crippen LogP contribution in [-0.4, -0.2) is 20.8 Å². The van der Waals surface area contributed by atoms with Crippen molar-refractivity contribution in [1.82, 2.24) is 0 Å².